The summed E-state index contributed by atoms with van der Waals surface area (Å²) in [5.74, 6) is 0. The van der Waals surface area contributed by atoms with Crippen LogP contribution in [0.15, 0.2) is 180 Å². The summed E-state index contributed by atoms with van der Waals surface area (Å²) in [5, 5.41) is 0. The summed E-state index contributed by atoms with van der Waals surface area (Å²) in [4.78, 5) is 8.10. The van der Waals surface area contributed by atoms with Gasteiger partial charge in [0, 0.05) is 46.1 Å². The Bertz CT molecular complexity index is 2420. The van der Waals surface area contributed by atoms with E-state index >= 15 is 0 Å². The van der Waals surface area contributed by atoms with E-state index in [1.165, 1.54) is 97.1 Å². The minimum atomic E-state index is 1.35. The first kappa shape index (κ1) is 31.3. The van der Waals surface area contributed by atoms with Gasteiger partial charge in [-0.3, -0.25) is 0 Å². The molecule has 3 aliphatic heterocycles. The topological polar surface area (TPSA) is 0 Å². The van der Waals surface area contributed by atoms with Gasteiger partial charge in [-0.2, -0.15) is 0 Å². The lowest BCUT2D eigenvalue weighted by molar-refractivity contribution is 1.27. The van der Waals surface area contributed by atoms with Gasteiger partial charge in [-0.05, 0) is 60.7 Å². The fraction of sp³-hybridized carbons (Fsp3) is 0. The van der Waals surface area contributed by atoms with Crippen LogP contribution in [0.5, 0.6) is 0 Å². The van der Waals surface area contributed by atoms with Gasteiger partial charge in [0.25, 0.3) is 8.38 Å². The molecular formula is C40H20S10+2. The molecule has 238 valence electrons. The summed E-state index contributed by atoms with van der Waals surface area (Å²) in [6, 6.07) is 44.7. The average molecular weight is 821 g/mol. The highest BCUT2D eigenvalue weighted by atomic mass is 32.2. The molecule has 0 N–H and O–H groups in total. The zero-order chi connectivity index (χ0) is 32.8. The first-order valence-electron chi connectivity index (χ1n) is 15.7. The third kappa shape index (κ3) is 5.21. The molecule has 0 saturated heterocycles. The highest BCUT2D eigenvalue weighted by Crippen LogP contribution is 2.69. The van der Waals surface area contributed by atoms with Crippen LogP contribution in [0.4, 0.5) is 0 Å². The molecule has 4 aliphatic rings. The van der Waals surface area contributed by atoms with Gasteiger partial charge in [0.05, 0.1) is 69.2 Å². The largest absolute Gasteiger partial charge is 0.287 e. The van der Waals surface area contributed by atoms with Crippen LogP contribution in [-0.2, 0) is 0 Å². The van der Waals surface area contributed by atoms with Crippen LogP contribution in [0.2, 0.25) is 0 Å². The Morgan fingerprint density at radius 3 is 0.900 bits per heavy atom. The third-order valence-corrected chi connectivity index (χ3v) is 21.3. The number of allylic oxidation sites excluding steroid dienone is 5. The Hall–Kier alpha value is -2.22. The molecular weight excluding hydrogens is 801 g/mol. The fourth-order valence-corrected chi connectivity index (χ4v) is 19.3. The van der Waals surface area contributed by atoms with E-state index in [0.29, 0.717) is 0 Å². The van der Waals surface area contributed by atoms with E-state index in [4.69, 9.17) is 0 Å². The van der Waals surface area contributed by atoms with E-state index in [1.807, 2.05) is 116 Å². The van der Waals surface area contributed by atoms with E-state index in [-0.39, 0.29) is 0 Å². The van der Waals surface area contributed by atoms with Crippen LogP contribution in [0.1, 0.15) is 8.38 Å². The van der Waals surface area contributed by atoms with Crippen molar-refractivity contribution in [3.05, 3.63) is 159 Å². The second-order valence-corrected chi connectivity index (χ2v) is 23.4. The number of hydrogen-bond acceptors (Lipinski definition) is 8. The lowest BCUT2D eigenvalue weighted by Crippen LogP contribution is -1.93. The molecule has 5 aromatic carbocycles. The van der Waals surface area contributed by atoms with Crippen LogP contribution in [0.3, 0.4) is 0 Å². The maximum absolute atomic E-state index is 2.29. The van der Waals surface area contributed by atoms with Crippen molar-refractivity contribution in [2.75, 3.05) is 0 Å². The molecule has 0 amide bonds. The van der Waals surface area contributed by atoms with Crippen molar-refractivity contribution < 1.29 is 0 Å². The van der Waals surface area contributed by atoms with Gasteiger partial charge >= 0.3 is 0 Å². The van der Waals surface area contributed by atoms with Crippen molar-refractivity contribution in [3.8, 4) is 0 Å². The van der Waals surface area contributed by atoms with E-state index in [2.05, 4.69) is 121 Å². The predicted molar refractivity (Wildman–Crippen MR) is 231 cm³/mol. The normalized spacial score (nSPS) is 16.8. The third-order valence-electron chi connectivity index (χ3n) is 8.54. The lowest BCUT2D eigenvalue weighted by atomic mass is 10.1. The van der Waals surface area contributed by atoms with Crippen molar-refractivity contribution in [2.24, 2.45) is 0 Å². The highest BCUT2D eigenvalue weighted by molar-refractivity contribution is 8.26. The van der Waals surface area contributed by atoms with Crippen molar-refractivity contribution >= 4 is 146 Å². The van der Waals surface area contributed by atoms with E-state index < -0.39 is 0 Å². The molecule has 0 fully saturated rings. The molecule has 1 aliphatic carbocycles. The average Bonchev–Trinajstić information content (AvgIpc) is 3.99. The van der Waals surface area contributed by atoms with Gasteiger partial charge in [0.15, 0.2) is 18.8 Å². The maximum atomic E-state index is 2.29. The van der Waals surface area contributed by atoms with E-state index in [9.17, 15) is 0 Å². The molecule has 0 saturated carbocycles. The Morgan fingerprint density at radius 2 is 0.580 bits per heavy atom. The minimum Gasteiger partial charge on any atom is -0.0809 e. The molecule has 0 unspecified atom stereocenters. The van der Waals surface area contributed by atoms with Gasteiger partial charge in [-0.25, -0.2) is 0 Å². The van der Waals surface area contributed by atoms with Crippen molar-refractivity contribution in [1.82, 2.24) is 0 Å². The van der Waals surface area contributed by atoms with Crippen LogP contribution < -0.4 is 0 Å². The van der Waals surface area contributed by atoms with Gasteiger partial charge in [-0.1, -0.05) is 131 Å². The van der Waals surface area contributed by atoms with E-state index in [0.717, 1.165) is 0 Å². The zero-order valence-corrected chi connectivity index (χ0v) is 33.8. The van der Waals surface area contributed by atoms with Crippen LogP contribution in [0.25, 0.3) is 29.9 Å². The zero-order valence-electron chi connectivity index (χ0n) is 25.6. The number of benzene rings is 5. The summed E-state index contributed by atoms with van der Waals surface area (Å²) < 4.78 is 12.3. The van der Waals surface area contributed by atoms with Crippen LogP contribution in [0, 0.1) is 0 Å². The molecule has 5 heterocycles. The number of fused-ring (bicyclic) bond motifs is 5. The Labute approximate surface area is 330 Å². The molecule has 0 bridgehead atoms. The monoisotopic (exact) mass is 820 g/mol. The molecule has 10 heteroatoms. The second kappa shape index (κ2) is 12.7. The molecule has 0 spiro atoms. The standard InChI is InChI=1S/C40H20S10/c1-2-12-22-21(11-1)41-36(42-22)31-32(37-43-23-13-3-4-14-24(23)44-37)34(39-47-27-17-7-8-18-28(27)48-39)35(40-49-29-19-9-10-20-30(29)50-40)33(31)38-45-25-15-5-6-16-26(25)46-38/h1-20H/q+2. The fourth-order valence-electron chi connectivity index (χ4n) is 6.35. The summed E-state index contributed by atoms with van der Waals surface area (Å²) in [7, 11) is 0. The van der Waals surface area contributed by atoms with Crippen molar-refractivity contribution in [3.63, 3.8) is 0 Å². The molecule has 11 rings (SSSR count). The summed E-state index contributed by atoms with van der Waals surface area (Å²) in [6.07, 6.45) is 0. The smallest absolute Gasteiger partial charge is 0.0809 e. The molecule has 50 heavy (non-hydrogen) atoms. The number of thioether (sulfide) groups is 6. The predicted octanol–water partition coefficient (Wildman–Crippen LogP) is 16.1. The van der Waals surface area contributed by atoms with Gasteiger partial charge in [0.2, 0.25) is 0 Å². The lowest BCUT2D eigenvalue weighted by Gasteiger charge is -2.13. The second-order valence-electron chi connectivity index (χ2n) is 11.6. The summed E-state index contributed by atoms with van der Waals surface area (Å²) in [5.41, 5.74) is 7.02. The van der Waals surface area contributed by atoms with Crippen LogP contribution >= 0.6 is 116 Å². The minimum absolute atomic E-state index is 1.35. The van der Waals surface area contributed by atoms with Gasteiger partial charge in [-0.15, -0.1) is 0 Å². The van der Waals surface area contributed by atoms with Crippen molar-refractivity contribution in [1.29, 1.82) is 0 Å². The molecule has 0 nitrogen and oxygen atoms in total. The van der Waals surface area contributed by atoms with Gasteiger partial charge in [0.1, 0.15) is 0 Å². The molecule has 7 aromatic rings. The van der Waals surface area contributed by atoms with Gasteiger partial charge < -0.3 is 0 Å². The van der Waals surface area contributed by atoms with E-state index in [1.54, 1.807) is 0 Å². The van der Waals surface area contributed by atoms with Crippen molar-refractivity contribution in [2.45, 2.75) is 29.4 Å². The summed E-state index contributed by atoms with van der Waals surface area (Å²) in [6.45, 7) is 0. The van der Waals surface area contributed by atoms with Crippen LogP contribution in [-0.4, -0.2) is 0 Å². The first-order chi connectivity index (χ1) is 24.7. The summed E-state index contributed by atoms with van der Waals surface area (Å²) >= 11 is 19.5. The Kier molecular flexibility index (Phi) is 7.97. The highest BCUT2D eigenvalue weighted by Gasteiger charge is 2.47. The quantitative estimate of drug-likeness (QED) is 0.158. The number of rotatable bonds is 2. The molecule has 0 radical (unpaired) electrons. The first-order valence-corrected chi connectivity index (χ1v) is 23.9. The molecule has 0 atom stereocenters. The Balaban J connectivity index is 1.28. The SMILES string of the molecule is c1ccc2c(c1)SC(=C1C(=C3Sc4ccccc4S3)C(c3sc4ccccc4[s+]3)=C(c3sc4ccccc4[s+]3)C1=C1Sc3ccccc3S1)S2. The number of hydrogen-bond donors (Lipinski definition) is 0. The maximum Gasteiger partial charge on any atom is 0.287 e. The molecule has 2 aromatic heterocycles. The Morgan fingerprint density at radius 1 is 0.300 bits per heavy atom.